The summed E-state index contributed by atoms with van der Waals surface area (Å²) < 4.78 is 11.8. The molecule has 2 fully saturated rings. The van der Waals surface area contributed by atoms with Crippen molar-refractivity contribution < 1.29 is 24.2 Å². The van der Waals surface area contributed by atoms with E-state index in [-0.39, 0.29) is 24.2 Å². The first-order valence-electron chi connectivity index (χ1n) is 15.3. The maximum atomic E-state index is 14.3. The van der Waals surface area contributed by atoms with Crippen molar-refractivity contribution in [2.75, 3.05) is 36.6 Å². The maximum Gasteiger partial charge on any atom is 0.303 e. The number of amides is 1. The van der Waals surface area contributed by atoms with Gasteiger partial charge in [0.05, 0.1) is 31.4 Å². The first-order valence-corrected chi connectivity index (χ1v) is 15.3. The number of aliphatic carboxylic acids is 1. The topological polar surface area (TPSA) is 92.2 Å². The second kappa shape index (κ2) is 13.1. The number of hydrogen-bond donors (Lipinski definition) is 1. The van der Waals surface area contributed by atoms with Crippen LogP contribution in [0.4, 0.5) is 11.5 Å². The number of methoxy groups -OCH3 is 1. The van der Waals surface area contributed by atoms with Gasteiger partial charge in [-0.25, -0.2) is 4.98 Å². The van der Waals surface area contributed by atoms with Crippen molar-refractivity contribution >= 4 is 23.4 Å². The van der Waals surface area contributed by atoms with Gasteiger partial charge in [-0.1, -0.05) is 25.1 Å². The maximum absolute atomic E-state index is 14.3. The van der Waals surface area contributed by atoms with Gasteiger partial charge < -0.3 is 19.5 Å². The monoisotopic (exact) mass is 585 g/mol. The minimum atomic E-state index is -0.758. The minimum absolute atomic E-state index is 0.0374. The van der Waals surface area contributed by atoms with Crippen LogP contribution in [0.3, 0.4) is 0 Å². The number of pyridine rings is 1. The summed E-state index contributed by atoms with van der Waals surface area (Å²) in [6.07, 6.45) is 5.74. The zero-order valence-electron chi connectivity index (χ0n) is 25.7. The zero-order valence-corrected chi connectivity index (χ0v) is 25.7. The SMILES string of the molecule is CCC(C)(C)N(C(=O)c1ccc(OC)cc1N1CCC(COc2cccc(C(CC(=O)O)C3CC3)c2)C1)c1ccccn1. The quantitative estimate of drug-likeness (QED) is 0.236. The third kappa shape index (κ3) is 7.12. The van der Waals surface area contributed by atoms with Crippen molar-refractivity contribution in [2.24, 2.45) is 11.8 Å². The first kappa shape index (κ1) is 30.4. The number of aromatic nitrogens is 1. The van der Waals surface area contributed by atoms with Gasteiger partial charge in [0.15, 0.2) is 0 Å². The summed E-state index contributed by atoms with van der Waals surface area (Å²) in [5.41, 5.74) is 2.07. The molecule has 2 unspecified atom stereocenters. The van der Waals surface area contributed by atoms with Crippen LogP contribution in [0.1, 0.15) is 74.7 Å². The lowest BCUT2D eigenvalue weighted by molar-refractivity contribution is -0.137. The fraction of sp³-hybridized carbons (Fsp3) is 0.457. The van der Waals surface area contributed by atoms with E-state index >= 15 is 0 Å². The third-order valence-corrected chi connectivity index (χ3v) is 8.97. The number of anilines is 2. The third-order valence-electron chi connectivity index (χ3n) is 8.97. The van der Waals surface area contributed by atoms with Gasteiger partial charge >= 0.3 is 5.97 Å². The van der Waals surface area contributed by atoms with Crippen molar-refractivity contribution in [3.8, 4) is 11.5 Å². The lowest BCUT2D eigenvalue weighted by Gasteiger charge is -2.38. The van der Waals surface area contributed by atoms with Crippen LogP contribution >= 0.6 is 0 Å². The van der Waals surface area contributed by atoms with Gasteiger partial charge in [0.25, 0.3) is 5.91 Å². The van der Waals surface area contributed by atoms with E-state index in [1.54, 1.807) is 18.2 Å². The Bertz CT molecular complexity index is 1420. The van der Waals surface area contributed by atoms with Crippen molar-refractivity contribution in [2.45, 2.75) is 64.3 Å². The number of carboxylic acid groups (broad SMARTS) is 1. The summed E-state index contributed by atoms with van der Waals surface area (Å²) in [6.45, 7) is 8.30. The Hall–Kier alpha value is -4.07. The molecule has 1 aromatic heterocycles. The van der Waals surface area contributed by atoms with E-state index in [1.807, 2.05) is 60.7 Å². The largest absolute Gasteiger partial charge is 0.497 e. The number of rotatable bonds is 13. The van der Waals surface area contributed by atoms with E-state index in [4.69, 9.17) is 9.47 Å². The molecular weight excluding hydrogens is 542 g/mol. The molecule has 3 aromatic rings. The fourth-order valence-corrected chi connectivity index (χ4v) is 6.01. The molecule has 1 N–H and O–H groups in total. The van der Waals surface area contributed by atoms with Gasteiger partial charge in [-0.05, 0) is 93.3 Å². The summed E-state index contributed by atoms with van der Waals surface area (Å²) in [5, 5.41) is 9.41. The number of nitrogens with zero attached hydrogens (tertiary/aromatic N) is 3. The molecule has 1 saturated heterocycles. The Morgan fingerprint density at radius 1 is 1.07 bits per heavy atom. The summed E-state index contributed by atoms with van der Waals surface area (Å²) in [5.74, 6) is 2.02. The fourth-order valence-electron chi connectivity index (χ4n) is 6.01. The molecule has 43 heavy (non-hydrogen) atoms. The van der Waals surface area contributed by atoms with E-state index < -0.39 is 11.5 Å². The predicted molar refractivity (Wildman–Crippen MR) is 168 cm³/mol. The Morgan fingerprint density at radius 3 is 2.56 bits per heavy atom. The van der Waals surface area contributed by atoms with Crippen LogP contribution in [0.2, 0.25) is 0 Å². The molecule has 0 spiro atoms. The zero-order chi connectivity index (χ0) is 30.6. The van der Waals surface area contributed by atoms with E-state index in [0.29, 0.717) is 29.7 Å². The number of carbonyl (C=O) groups excluding carboxylic acids is 1. The number of benzene rings is 2. The van der Waals surface area contributed by atoms with Gasteiger partial charge in [-0.3, -0.25) is 14.5 Å². The van der Waals surface area contributed by atoms with Gasteiger partial charge in [-0.15, -0.1) is 0 Å². The summed E-state index contributed by atoms with van der Waals surface area (Å²) in [6, 6.07) is 19.2. The molecule has 1 saturated carbocycles. The van der Waals surface area contributed by atoms with Crippen LogP contribution in [0, 0.1) is 11.8 Å². The Balaban J connectivity index is 1.32. The highest BCUT2D eigenvalue weighted by atomic mass is 16.5. The molecule has 2 heterocycles. The molecule has 2 aromatic carbocycles. The van der Waals surface area contributed by atoms with Crippen molar-refractivity contribution in [1.82, 2.24) is 4.98 Å². The smallest absolute Gasteiger partial charge is 0.303 e. The van der Waals surface area contributed by atoms with Crippen molar-refractivity contribution in [1.29, 1.82) is 0 Å². The highest BCUT2D eigenvalue weighted by Gasteiger charge is 2.36. The lowest BCUT2D eigenvalue weighted by atomic mass is 9.91. The van der Waals surface area contributed by atoms with Crippen molar-refractivity contribution in [3.05, 3.63) is 78.0 Å². The summed E-state index contributed by atoms with van der Waals surface area (Å²) >= 11 is 0. The molecule has 0 radical (unpaired) electrons. The number of carbonyl (C=O) groups is 2. The number of hydrogen-bond acceptors (Lipinski definition) is 6. The van der Waals surface area contributed by atoms with E-state index in [2.05, 4.69) is 30.7 Å². The van der Waals surface area contributed by atoms with E-state index in [9.17, 15) is 14.7 Å². The highest BCUT2D eigenvalue weighted by molar-refractivity contribution is 6.10. The molecule has 5 rings (SSSR count). The molecule has 8 heteroatoms. The molecule has 1 aliphatic carbocycles. The van der Waals surface area contributed by atoms with Crippen LogP contribution in [-0.2, 0) is 4.79 Å². The summed E-state index contributed by atoms with van der Waals surface area (Å²) in [4.78, 5) is 34.3. The van der Waals surface area contributed by atoms with Crippen LogP contribution in [0.5, 0.6) is 11.5 Å². The first-order chi connectivity index (χ1) is 20.7. The minimum Gasteiger partial charge on any atom is -0.497 e. The van der Waals surface area contributed by atoms with Gasteiger partial charge in [0.1, 0.15) is 17.3 Å². The van der Waals surface area contributed by atoms with Gasteiger partial charge in [0, 0.05) is 36.8 Å². The van der Waals surface area contributed by atoms with Crippen LogP contribution < -0.4 is 19.3 Å². The van der Waals surface area contributed by atoms with Crippen LogP contribution in [0.25, 0.3) is 0 Å². The molecule has 0 bridgehead atoms. The molecule has 1 aliphatic heterocycles. The average molecular weight is 586 g/mol. The lowest BCUT2D eigenvalue weighted by Crippen LogP contribution is -2.48. The second-order valence-corrected chi connectivity index (χ2v) is 12.4. The molecule has 1 amide bonds. The average Bonchev–Trinajstić information content (AvgIpc) is 3.75. The Labute approximate surface area is 254 Å². The molecule has 8 nitrogen and oxygen atoms in total. The van der Waals surface area contributed by atoms with Gasteiger partial charge in [0.2, 0.25) is 0 Å². The molecule has 2 atom stereocenters. The molecule has 228 valence electrons. The van der Waals surface area contributed by atoms with Crippen LogP contribution in [0.15, 0.2) is 66.9 Å². The predicted octanol–water partition coefficient (Wildman–Crippen LogP) is 6.80. The Morgan fingerprint density at radius 2 is 1.88 bits per heavy atom. The normalized spacial score (nSPS) is 17.4. The van der Waals surface area contributed by atoms with Gasteiger partial charge in [-0.2, -0.15) is 0 Å². The molecular formula is C35H43N3O5. The van der Waals surface area contributed by atoms with Crippen molar-refractivity contribution in [3.63, 3.8) is 0 Å². The van der Waals surface area contributed by atoms with E-state index in [1.165, 1.54) is 0 Å². The number of carboxylic acids is 1. The number of ether oxygens (including phenoxy) is 2. The van der Waals surface area contributed by atoms with Crippen LogP contribution in [-0.4, -0.2) is 54.3 Å². The summed E-state index contributed by atoms with van der Waals surface area (Å²) in [7, 11) is 1.64. The standard InChI is InChI=1S/C35H43N3O5/c1-5-35(2,3)38(32-11-6-7-17-36-32)34(41)29-15-14-27(42-4)20-31(29)37-18-16-24(22-37)23-43-28-10-8-9-26(19-28)30(21-33(39)40)25-12-13-25/h6-11,14-15,17,19-20,24-25,30H,5,12-13,16,18,21-23H2,1-4H3,(H,39,40). The Kier molecular flexibility index (Phi) is 9.23. The highest BCUT2D eigenvalue weighted by Crippen LogP contribution is 2.45. The second-order valence-electron chi connectivity index (χ2n) is 12.4. The molecule has 2 aliphatic rings. The van der Waals surface area contributed by atoms with E-state index in [0.717, 1.165) is 55.8 Å².